The lowest BCUT2D eigenvalue weighted by Crippen LogP contribution is -2.44. The second-order valence-electron chi connectivity index (χ2n) is 8.30. The number of allylic oxidation sites excluding steroid dienone is 1. The number of aromatic amines is 1. The van der Waals surface area contributed by atoms with Crippen LogP contribution in [0.1, 0.15) is 51.8 Å². The summed E-state index contributed by atoms with van der Waals surface area (Å²) >= 11 is 0. The average molecular weight is 399 g/mol. The van der Waals surface area contributed by atoms with Gasteiger partial charge in [-0.25, -0.2) is 0 Å². The smallest absolute Gasteiger partial charge is 0.318 e. The Bertz CT molecular complexity index is 901. The lowest BCUT2D eigenvalue weighted by Gasteiger charge is -2.37. The highest BCUT2D eigenvalue weighted by atomic mass is 16.5. The van der Waals surface area contributed by atoms with E-state index < -0.39 is 5.41 Å². The van der Waals surface area contributed by atoms with Gasteiger partial charge in [-0.2, -0.15) is 5.06 Å². The highest BCUT2D eigenvalue weighted by Crippen LogP contribution is 2.45. The van der Waals surface area contributed by atoms with Crippen LogP contribution in [0.5, 0.6) is 0 Å². The summed E-state index contributed by atoms with van der Waals surface area (Å²) in [5.74, 6) is -0.0327. The summed E-state index contributed by atoms with van der Waals surface area (Å²) in [5, 5.41) is 13.0. The van der Waals surface area contributed by atoms with Crippen molar-refractivity contribution in [3.8, 4) is 0 Å². The van der Waals surface area contributed by atoms with Crippen molar-refractivity contribution in [3.05, 3.63) is 47.2 Å². The van der Waals surface area contributed by atoms with Gasteiger partial charge in [0.25, 0.3) is 0 Å². The quantitative estimate of drug-likeness (QED) is 0.573. The molecule has 2 heterocycles. The average Bonchev–Trinajstić information content (AvgIpc) is 3.08. The molecule has 158 valence electrons. The number of para-hydroxylation sites is 1. The third-order valence-corrected chi connectivity index (χ3v) is 6.69. The van der Waals surface area contributed by atoms with E-state index in [1.807, 2.05) is 18.2 Å². The first kappa shape index (κ1) is 21.6. The van der Waals surface area contributed by atoms with Gasteiger partial charge in [0.05, 0.1) is 7.11 Å². The number of nitrogens with zero attached hydrogens (tertiary/aromatic N) is 1. The third-order valence-electron chi connectivity index (χ3n) is 6.69. The van der Waals surface area contributed by atoms with Crippen molar-refractivity contribution >= 4 is 16.9 Å². The summed E-state index contributed by atoms with van der Waals surface area (Å²) < 4.78 is 5.40. The summed E-state index contributed by atoms with van der Waals surface area (Å²) in [4.78, 5) is 17.0. The minimum atomic E-state index is -0.796. The van der Waals surface area contributed by atoms with Gasteiger partial charge in [0.1, 0.15) is 5.41 Å². The van der Waals surface area contributed by atoms with E-state index in [4.69, 9.17) is 4.74 Å². The largest absolute Gasteiger partial charge is 0.468 e. The number of H-pyrrole nitrogens is 1. The lowest BCUT2D eigenvalue weighted by atomic mass is 9.66. The fourth-order valence-corrected chi connectivity index (χ4v) is 5.11. The van der Waals surface area contributed by atoms with E-state index in [1.54, 1.807) is 0 Å². The van der Waals surface area contributed by atoms with Crippen LogP contribution in [0.2, 0.25) is 0 Å². The molecule has 5 heteroatoms. The number of ether oxygens (including phenoxy) is 1. The maximum absolute atomic E-state index is 13.4. The van der Waals surface area contributed by atoms with Crippen molar-refractivity contribution < 1.29 is 14.7 Å². The standard InChI is InChI=1S/C24H34N2O3/c1-6-18-14-16(3)15-26(28)13-12-20-19-10-8-9-11-21(19)25-22(20)24(7-2,17(18)4)23(27)29-5/h8-11,14,16-17,25,28H,6-7,12-13,15H2,1-5H3. The van der Waals surface area contributed by atoms with E-state index in [9.17, 15) is 10.0 Å². The Balaban J connectivity index is 2.34. The predicted octanol–water partition coefficient (Wildman–Crippen LogP) is 4.84. The summed E-state index contributed by atoms with van der Waals surface area (Å²) in [5.41, 5.74) is 3.48. The molecule has 2 N–H and O–H groups in total. The van der Waals surface area contributed by atoms with Crippen LogP contribution in [0.4, 0.5) is 0 Å². The van der Waals surface area contributed by atoms with E-state index in [-0.39, 0.29) is 17.8 Å². The zero-order valence-corrected chi connectivity index (χ0v) is 18.3. The Hall–Kier alpha value is -2.11. The molecule has 0 saturated heterocycles. The van der Waals surface area contributed by atoms with Gasteiger partial charge in [0.15, 0.2) is 0 Å². The number of hydroxylamine groups is 2. The Morgan fingerprint density at radius 1 is 1.31 bits per heavy atom. The van der Waals surface area contributed by atoms with Crippen molar-refractivity contribution in [1.82, 2.24) is 10.0 Å². The molecule has 1 aromatic heterocycles. The fourth-order valence-electron chi connectivity index (χ4n) is 5.11. The van der Waals surface area contributed by atoms with Gasteiger partial charge in [-0.1, -0.05) is 57.5 Å². The molecule has 0 fully saturated rings. The summed E-state index contributed by atoms with van der Waals surface area (Å²) in [7, 11) is 1.48. The molecule has 3 rings (SSSR count). The number of aromatic nitrogens is 1. The van der Waals surface area contributed by atoms with Gasteiger partial charge in [-0.05, 0) is 42.7 Å². The van der Waals surface area contributed by atoms with E-state index in [0.717, 1.165) is 28.6 Å². The molecule has 29 heavy (non-hydrogen) atoms. The van der Waals surface area contributed by atoms with Crippen molar-refractivity contribution in [2.24, 2.45) is 11.8 Å². The molecule has 1 aliphatic rings. The molecule has 5 nitrogen and oxygen atoms in total. The molecule has 0 amide bonds. The van der Waals surface area contributed by atoms with Gasteiger partial charge in [-0.15, -0.1) is 0 Å². The summed E-state index contributed by atoms with van der Waals surface area (Å²) in [6.45, 7) is 9.55. The molecule has 0 bridgehead atoms. The molecule has 0 radical (unpaired) electrons. The van der Waals surface area contributed by atoms with Crippen molar-refractivity contribution in [3.63, 3.8) is 0 Å². The first-order chi connectivity index (χ1) is 13.9. The molecule has 1 aromatic carbocycles. The number of carbonyl (C=O) groups excluding carboxylic acids is 1. The first-order valence-corrected chi connectivity index (χ1v) is 10.7. The Labute approximate surface area is 173 Å². The number of rotatable bonds is 3. The van der Waals surface area contributed by atoms with Gasteiger partial charge >= 0.3 is 5.97 Å². The zero-order valence-electron chi connectivity index (χ0n) is 18.3. The number of hydrogen-bond donors (Lipinski definition) is 2. The van der Waals surface area contributed by atoms with Crippen LogP contribution in [0.3, 0.4) is 0 Å². The number of hydrogen-bond acceptors (Lipinski definition) is 4. The number of fused-ring (bicyclic) bond motifs is 3. The highest BCUT2D eigenvalue weighted by Gasteiger charge is 2.48. The minimum Gasteiger partial charge on any atom is -0.468 e. The molecule has 2 aromatic rings. The van der Waals surface area contributed by atoms with E-state index in [0.29, 0.717) is 25.9 Å². The van der Waals surface area contributed by atoms with Gasteiger partial charge in [0.2, 0.25) is 0 Å². The molecule has 3 atom stereocenters. The SMILES string of the molecule is CCC1=CC(C)CN(O)CCc2c([nH]c3ccccc23)C(CC)(C(=O)OC)C1C. The van der Waals surface area contributed by atoms with Crippen LogP contribution in [0.15, 0.2) is 35.9 Å². The molecular formula is C24H34N2O3. The molecule has 3 unspecified atom stereocenters. The van der Waals surface area contributed by atoms with Gasteiger partial charge in [0, 0.05) is 29.7 Å². The number of methoxy groups -OCH3 is 1. The molecule has 0 spiro atoms. The van der Waals surface area contributed by atoms with Crippen molar-refractivity contribution in [2.45, 2.75) is 52.4 Å². The van der Waals surface area contributed by atoms with Crippen LogP contribution < -0.4 is 0 Å². The van der Waals surface area contributed by atoms with Crippen molar-refractivity contribution in [2.75, 3.05) is 20.2 Å². The van der Waals surface area contributed by atoms with Crippen LogP contribution >= 0.6 is 0 Å². The number of benzene rings is 1. The third kappa shape index (κ3) is 3.74. The number of esters is 1. The maximum Gasteiger partial charge on any atom is 0.318 e. The molecular weight excluding hydrogens is 364 g/mol. The summed E-state index contributed by atoms with van der Waals surface area (Å²) in [6, 6.07) is 8.16. The second-order valence-corrected chi connectivity index (χ2v) is 8.30. The normalized spacial score (nSPS) is 26.5. The monoisotopic (exact) mass is 398 g/mol. The van der Waals surface area contributed by atoms with Crippen LogP contribution in [0, 0.1) is 11.8 Å². The molecule has 0 aliphatic carbocycles. The number of nitrogens with one attached hydrogen (secondary N) is 1. The highest BCUT2D eigenvalue weighted by molar-refractivity contribution is 5.91. The van der Waals surface area contributed by atoms with Crippen LogP contribution in [0.25, 0.3) is 10.9 Å². The predicted molar refractivity (Wildman–Crippen MR) is 116 cm³/mol. The summed E-state index contributed by atoms with van der Waals surface area (Å²) in [6.07, 6.45) is 4.38. The Morgan fingerprint density at radius 3 is 2.69 bits per heavy atom. The Morgan fingerprint density at radius 2 is 2.03 bits per heavy atom. The fraction of sp³-hybridized carbons (Fsp3) is 0.542. The van der Waals surface area contributed by atoms with Gasteiger partial charge < -0.3 is 14.9 Å². The van der Waals surface area contributed by atoms with E-state index in [1.165, 1.54) is 17.7 Å². The molecule has 0 saturated carbocycles. The molecule has 1 aliphatic heterocycles. The number of carbonyl (C=O) groups is 1. The zero-order chi connectivity index (χ0) is 21.2. The Kier molecular flexibility index (Phi) is 6.49. The van der Waals surface area contributed by atoms with E-state index in [2.05, 4.69) is 44.8 Å². The lowest BCUT2D eigenvalue weighted by molar-refractivity contribution is -0.149. The maximum atomic E-state index is 13.4. The van der Waals surface area contributed by atoms with Gasteiger partial charge in [-0.3, -0.25) is 4.79 Å². The topological polar surface area (TPSA) is 65.6 Å². The first-order valence-electron chi connectivity index (χ1n) is 10.7. The minimum absolute atomic E-state index is 0.0237. The van der Waals surface area contributed by atoms with E-state index >= 15 is 0 Å². The van der Waals surface area contributed by atoms with Crippen LogP contribution in [-0.2, 0) is 21.4 Å². The van der Waals surface area contributed by atoms with Crippen LogP contribution in [-0.4, -0.2) is 41.4 Å². The second kappa shape index (κ2) is 8.72. The van der Waals surface area contributed by atoms with Crippen molar-refractivity contribution in [1.29, 1.82) is 0 Å².